The Balaban J connectivity index is 2.52. The quantitative estimate of drug-likeness (QED) is 0.359. The molecule has 0 fully saturated rings. The Morgan fingerprint density at radius 1 is 1.56 bits per heavy atom. The van der Waals surface area contributed by atoms with Crippen molar-refractivity contribution in [2.24, 2.45) is 7.05 Å². The molecule has 0 radical (unpaired) electrons. The molecule has 0 saturated heterocycles. The first-order valence-corrected chi connectivity index (χ1v) is 5.59. The second-order valence-corrected chi connectivity index (χ2v) is 3.81. The summed E-state index contributed by atoms with van der Waals surface area (Å²) in [5.74, 6) is 2.10. The summed E-state index contributed by atoms with van der Waals surface area (Å²) in [5.41, 5.74) is 0.277. The van der Waals surface area contributed by atoms with Crippen LogP contribution in [0.1, 0.15) is 29.8 Å². The number of hydrogen-bond donors (Lipinski definition) is 1. The molecule has 0 aliphatic heterocycles. The molecular formula is C12H15N3O3. The molecule has 1 N–H and O–H groups in total. The van der Waals surface area contributed by atoms with Gasteiger partial charge in [-0.05, 0) is 23.8 Å². The molecule has 1 aromatic heterocycles. The number of nitrogens with one attached hydrogen (secondary N) is 1. The van der Waals surface area contributed by atoms with Crippen molar-refractivity contribution in [3.63, 3.8) is 0 Å². The molecule has 0 bridgehead atoms. The van der Waals surface area contributed by atoms with Gasteiger partial charge in [0.1, 0.15) is 0 Å². The Morgan fingerprint density at radius 2 is 2.28 bits per heavy atom. The first-order chi connectivity index (χ1) is 8.57. The van der Waals surface area contributed by atoms with Crippen LogP contribution in [0.4, 0.5) is 5.82 Å². The van der Waals surface area contributed by atoms with E-state index < -0.39 is 4.92 Å². The van der Waals surface area contributed by atoms with E-state index in [1.54, 1.807) is 0 Å². The van der Waals surface area contributed by atoms with Crippen LogP contribution in [0, 0.1) is 22.5 Å². The Bertz CT molecular complexity index is 485. The van der Waals surface area contributed by atoms with Crippen molar-refractivity contribution in [1.29, 1.82) is 0 Å². The van der Waals surface area contributed by atoms with E-state index in [4.69, 9.17) is 6.42 Å². The molecule has 1 rings (SSSR count). The number of rotatable bonds is 6. The highest BCUT2D eigenvalue weighted by Gasteiger charge is 2.19. The lowest BCUT2D eigenvalue weighted by atomic mass is 10.2. The summed E-state index contributed by atoms with van der Waals surface area (Å²) < 4.78 is 1.26. The topological polar surface area (TPSA) is 77.2 Å². The maximum atomic E-state index is 11.7. The zero-order valence-electron chi connectivity index (χ0n) is 10.2. The van der Waals surface area contributed by atoms with E-state index in [-0.39, 0.29) is 17.4 Å². The van der Waals surface area contributed by atoms with Gasteiger partial charge >= 0.3 is 5.82 Å². The summed E-state index contributed by atoms with van der Waals surface area (Å²) in [6.07, 6.45) is 7.44. The van der Waals surface area contributed by atoms with E-state index >= 15 is 0 Å². The van der Waals surface area contributed by atoms with E-state index in [2.05, 4.69) is 11.2 Å². The minimum atomic E-state index is -0.524. The molecule has 0 aromatic carbocycles. The minimum absolute atomic E-state index is 0.104. The fourth-order valence-electron chi connectivity index (χ4n) is 1.56. The number of carbonyl (C=O) groups excluding carboxylic acids is 1. The fourth-order valence-corrected chi connectivity index (χ4v) is 1.56. The van der Waals surface area contributed by atoms with Crippen LogP contribution >= 0.6 is 0 Å². The van der Waals surface area contributed by atoms with Crippen LogP contribution in [0.2, 0.25) is 0 Å². The molecule has 0 spiro atoms. The van der Waals surface area contributed by atoms with E-state index in [0.29, 0.717) is 13.0 Å². The van der Waals surface area contributed by atoms with Crippen molar-refractivity contribution in [2.45, 2.75) is 19.3 Å². The maximum absolute atomic E-state index is 11.7. The van der Waals surface area contributed by atoms with Crippen molar-refractivity contribution >= 4 is 11.7 Å². The van der Waals surface area contributed by atoms with E-state index in [1.807, 2.05) is 0 Å². The number of amides is 1. The molecule has 6 nitrogen and oxygen atoms in total. The van der Waals surface area contributed by atoms with Gasteiger partial charge in [0.25, 0.3) is 5.91 Å². The van der Waals surface area contributed by atoms with Gasteiger partial charge in [-0.15, -0.1) is 12.3 Å². The highest BCUT2D eigenvalue weighted by atomic mass is 16.6. The Morgan fingerprint density at radius 3 is 2.83 bits per heavy atom. The van der Waals surface area contributed by atoms with E-state index in [1.165, 1.54) is 23.7 Å². The third-order valence-electron chi connectivity index (χ3n) is 2.55. The highest BCUT2D eigenvalue weighted by molar-refractivity contribution is 5.93. The number of terminal acetylenes is 1. The van der Waals surface area contributed by atoms with Crippen LogP contribution in [-0.4, -0.2) is 21.9 Å². The third kappa shape index (κ3) is 3.35. The number of aromatic nitrogens is 1. The summed E-state index contributed by atoms with van der Waals surface area (Å²) in [6.45, 7) is 0.513. The lowest BCUT2D eigenvalue weighted by molar-refractivity contribution is -0.391. The second-order valence-electron chi connectivity index (χ2n) is 3.81. The molecule has 0 atom stereocenters. The van der Waals surface area contributed by atoms with Crippen molar-refractivity contribution in [3.8, 4) is 12.3 Å². The molecule has 18 heavy (non-hydrogen) atoms. The molecule has 1 amide bonds. The molecule has 1 aromatic rings. The largest absolute Gasteiger partial charge is 0.358 e. The lowest BCUT2D eigenvalue weighted by Crippen LogP contribution is -2.26. The van der Waals surface area contributed by atoms with Crippen LogP contribution < -0.4 is 5.32 Å². The average Bonchev–Trinajstić information content (AvgIpc) is 2.70. The molecule has 6 heteroatoms. The summed E-state index contributed by atoms with van der Waals surface area (Å²) in [6, 6.07) is 2.75. The Hall–Kier alpha value is -2.29. The average molecular weight is 249 g/mol. The van der Waals surface area contributed by atoms with Gasteiger partial charge in [0.15, 0.2) is 5.69 Å². The normalized spacial score (nSPS) is 9.78. The van der Waals surface area contributed by atoms with Gasteiger partial charge in [0, 0.05) is 19.0 Å². The first kappa shape index (κ1) is 13.8. The molecule has 0 unspecified atom stereocenters. The summed E-state index contributed by atoms with van der Waals surface area (Å²) in [4.78, 5) is 21.8. The number of carbonyl (C=O) groups is 1. The van der Waals surface area contributed by atoms with Crippen LogP contribution in [0.25, 0.3) is 0 Å². The molecule has 96 valence electrons. The van der Waals surface area contributed by atoms with Crippen LogP contribution in [0.5, 0.6) is 0 Å². The number of nitro groups is 1. The molecular weight excluding hydrogens is 234 g/mol. The van der Waals surface area contributed by atoms with Gasteiger partial charge in [-0.2, -0.15) is 0 Å². The summed E-state index contributed by atoms with van der Waals surface area (Å²) in [5, 5.41) is 13.3. The van der Waals surface area contributed by atoms with Crippen LogP contribution in [-0.2, 0) is 7.05 Å². The minimum Gasteiger partial charge on any atom is -0.358 e. The van der Waals surface area contributed by atoms with Crippen molar-refractivity contribution in [1.82, 2.24) is 9.88 Å². The number of hydrogen-bond acceptors (Lipinski definition) is 3. The number of nitrogens with zero attached hydrogens (tertiary/aromatic N) is 2. The first-order valence-electron chi connectivity index (χ1n) is 5.59. The van der Waals surface area contributed by atoms with Crippen molar-refractivity contribution in [3.05, 3.63) is 27.9 Å². The smallest absolute Gasteiger partial charge is 0.323 e. The van der Waals surface area contributed by atoms with E-state index in [0.717, 1.165) is 12.8 Å². The number of unbranched alkanes of at least 4 members (excludes halogenated alkanes) is 2. The lowest BCUT2D eigenvalue weighted by Gasteiger charge is -2.03. The molecule has 0 aliphatic carbocycles. The fraction of sp³-hybridized carbons (Fsp3) is 0.417. The van der Waals surface area contributed by atoms with Gasteiger partial charge in [0.2, 0.25) is 0 Å². The SMILES string of the molecule is C#CCCCCNC(=O)c1ccc([N+](=O)[O-])n1C. The maximum Gasteiger partial charge on any atom is 0.323 e. The second kappa shape index (κ2) is 6.45. The standard InChI is InChI=1S/C12H15N3O3/c1-3-4-5-6-9-13-12(16)10-7-8-11(14(10)2)15(17)18/h1,7-8H,4-6,9H2,2H3,(H,13,16). The van der Waals surface area contributed by atoms with Crippen LogP contribution in [0.15, 0.2) is 12.1 Å². The summed E-state index contributed by atoms with van der Waals surface area (Å²) >= 11 is 0. The van der Waals surface area contributed by atoms with Gasteiger partial charge in [-0.3, -0.25) is 4.79 Å². The third-order valence-corrected chi connectivity index (χ3v) is 2.55. The highest BCUT2D eigenvalue weighted by Crippen LogP contribution is 2.14. The van der Waals surface area contributed by atoms with E-state index in [9.17, 15) is 14.9 Å². The predicted molar refractivity (Wildman–Crippen MR) is 67.1 cm³/mol. The van der Waals surface area contributed by atoms with Crippen molar-refractivity contribution < 1.29 is 9.72 Å². The van der Waals surface area contributed by atoms with Crippen LogP contribution in [0.3, 0.4) is 0 Å². The zero-order chi connectivity index (χ0) is 13.5. The predicted octanol–water partition coefficient (Wildman–Crippen LogP) is 1.47. The summed E-state index contributed by atoms with van der Waals surface area (Å²) in [7, 11) is 1.49. The van der Waals surface area contributed by atoms with Gasteiger partial charge in [-0.25, -0.2) is 4.57 Å². The monoisotopic (exact) mass is 249 g/mol. The van der Waals surface area contributed by atoms with Gasteiger partial charge < -0.3 is 15.4 Å². The molecule has 0 aliphatic rings. The molecule has 1 heterocycles. The molecule has 0 saturated carbocycles. The Labute approximate surface area is 105 Å². The van der Waals surface area contributed by atoms with Crippen molar-refractivity contribution in [2.75, 3.05) is 6.54 Å². The van der Waals surface area contributed by atoms with Gasteiger partial charge in [0.05, 0.1) is 7.05 Å². The zero-order valence-corrected chi connectivity index (χ0v) is 10.2. The van der Waals surface area contributed by atoms with Gasteiger partial charge in [-0.1, -0.05) is 0 Å². The Kier molecular flexibility index (Phi) is 4.93.